The minimum absolute atomic E-state index is 0.164. The zero-order valence-electron chi connectivity index (χ0n) is 17.8. The second kappa shape index (κ2) is 9.59. The van der Waals surface area contributed by atoms with Gasteiger partial charge in [0.05, 0.1) is 32.0 Å². The average Bonchev–Trinajstić information content (AvgIpc) is 3.03. The number of morpholine rings is 2. The van der Waals surface area contributed by atoms with Crippen molar-refractivity contribution in [1.82, 2.24) is 14.7 Å². The molecule has 0 unspecified atom stereocenters. The van der Waals surface area contributed by atoms with Gasteiger partial charge in [0.1, 0.15) is 5.70 Å². The van der Waals surface area contributed by atoms with Crippen molar-refractivity contribution in [2.75, 3.05) is 71.0 Å². The lowest BCUT2D eigenvalue weighted by molar-refractivity contribution is -0.138. The quantitative estimate of drug-likeness (QED) is 0.656. The van der Waals surface area contributed by atoms with Crippen LogP contribution in [0.2, 0.25) is 0 Å². The molecule has 1 N–H and O–H groups in total. The summed E-state index contributed by atoms with van der Waals surface area (Å²) < 4.78 is 10.8. The fourth-order valence-corrected chi connectivity index (χ4v) is 4.10. The van der Waals surface area contributed by atoms with E-state index >= 15 is 0 Å². The molecule has 9 nitrogen and oxygen atoms in total. The molecule has 3 aliphatic rings. The minimum Gasteiger partial charge on any atom is -0.379 e. The second-order valence-corrected chi connectivity index (χ2v) is 7.80. The number of carbonyl (C=O) groups excluding carboxylic acids is 3. The predicted molar refractivity (Wildman–Crippen MR) is 114 cm³/mol. The number of anilines is 1. The number of hydrogen-bond acceptors (Lipinski definition) is 7. The number of nitrogens with one attached hydrogen (secondary N) is 1. The molecule has 31 heavy (non-hydrogen) atoms. The number of amides is 3. The molecule has 0 saturated carbocycles. The highest BCUT2D eigenvalue weighted by atomic mass is 16.5. The van der Waals surface area contributed by atoms with E-state index in [2.05, 4.69) is 10.2 Å². The van der Waals surface area contributed by atoms with E-state index < -0.39 is 0 Å². The van der Waals surface area contributed by atoms with Crippen LogP contribution in [0, 0.1) is 0 Å². The summed E-state index contributed by atoms with van der Waals surface area (Å²) in [7, 11) is 0. The SMILES string of the molecule is CC(=O)Nc1ccc(C2=C(N3CCOCC3)C(=O)N(CCN3CCOCC3)C2=O)cc1. The highest BCUT2D eigenvalue weighted by molar-refractivity contribution is 6.35. The summed E-state index contributed by atoms with van der Waals surface area (Å²) in [5.74, 6) is -0.685. The third kappa shape index (κ3) is 4.79. The zero-order valence-corrected chi connectivity index (χ0v) is 17.8. The van der Waals surface area contributed by atoms with Crippen molar-refractivity contribution < 1.29 is 23.9 Å². The van der Waals surface area contributed by atoms with Gasteiger partial charge in [-0.25, -0.2) is 0 Å². The lowest BCUT2D eigenvalue weighted by Crippen LogP contribution is -2.44. The number of imide groups is 1. The molecule has 1 aromatic rings. The topological polar surface area (TPSA) is 91.4 Å². The first kappa shape index (κ1) is 21.5. The largest absolute Gasteiger partial charge is 0.379 e. The summed E-state index contributed by atoms with van der Waals surface area (Å²) >= 11 is 0. The highest BCUT2D eigenvalue weighted by Crippen LogP contribution is 2.32. The minimum atomic E-state index is -0.271. The van der Waals surface area contributed by atoms with Gasteiger partial charge in [-0.2, -0.15) is 0 Å². The lowest BCUT2D eigenvalue weighted by Gasteiger charge is -2.30. The fourth-order valence-electron chi connectivity index (χ4n) is 4.10. The van der Waals surface area contributed by atoms with Gasteiger partial charge < -0.3 is 19.7 Å². The van der Waals surface area contributed by atoms with Crippen LogP contribution in [-0.2, 0) is 23.9 Å². The van der Waals surface area contributed by atoms with Crippen LogP contribution in [0.15, 0.2) is 30.0 Å². The van der Waals surface area contributed by atoms with Crippen molar-refractivity contribution in [2.24, 2.45) is 0 Å². The first-order chi connectivity index (χ1) is 15.0. The molecule has 0 aromatic heterocycles. The number of hydrogen-bond donors (Lipinski definition) is 1. The van der Waals surface area contributed by atoms with Gasteiger partial charge in [-0.1, -0.05) is 12.1 Å². The van der Waals surface area contributed by atoms with Crippen molar-refractivity contribution in [1.29, 1.82) is 0 Å². The van der Waals surface area contributed by atoms with E-state index in [0.717, 1.165) is 13.1 Å². The third-order valence-corrected chi connectivity index (χ3v) is 5.71. The van der Waals surface area contributed by atoms with Crippen molar-refractivity contribution in [3.63, 3.8) is 0 Å². The van der Waals surface area contributed by atoms with E-state index in [4.69, 9.17) is 9.47 Å². The molecule has 166 valence electrons. The smallest absolute Gasteiger partial charge is 0.277 e. The van der Waals surface area contributed by atoms with Crippen LogP contribution in [-0.4, -0.2) is 98.1 Å². The van der Waals surface area contributed by atoms with Crippen LogP contribution in [0.1, 0.15) is 12.5 Å². The van der Waals surface area contributed by atoms with Crippen LogP contribution in [0.25, 0.3) is 5.57 Å². The normalized spacial score (nSPS) is 20.5. The molecule has 0 radical (unpaired) electrons. The van der Waals surface area contributed by atoms with E-state index in [1.165, 1.54) is 11.8 Å². The summed E-state index contributed by atoms with van der Waals surface area (Å²) in [6, 6.07) is 7.04. The Morgan fingerprint density at radius 1 is 0.903 bits per heavy atom. The Bertz CT molecular complexity index is 870. The first-order valence-electron chi connectivity index (χ1n) is 10.7. The predicted octanol–water partition coefficient (Wildman–Crippen LogP) is 0.389. The fraction of sp³-hybridized carbons (Fsp3) is 0.500. The number of nitrogens with zero attached hydrogens (tertiary/aromatic N) is 3. The molecule has 0 bridgehead atoms. The molecule has 2 fully saturated rings. The summed E-state index contributed by atoms with van der Waals surface area (Å²) in [5.41, 5.74) is 2.18. The molecule has 3 aliphatic heterocycles. The van der Waals surface area contributed by atoms with E-state index in [9.17, 15) is 14.4 Å². The Labute approximate surface area is 181 Å². The molecule has 3 amide bonds. The van der Waals surface area contributed by atoms with Crippen LogP contribution in [0.5, 0.6) is 0 Å². The van der Waals surface area contributed by atoms with Crippen molar-refractivity contribution in [3.8, 4) is 0 Å². The molecular weight excluding hydrogens is 400 g/mol. The summed E-state index contributed by atoms with van der Waals surface area (Å²) in [5, 5.41) is 2.72. The number of benzene rings is 1. The molecular formula is C22H28N4O5. The monoisotopic (exact) mass is 428 g/mol. The van der Waals surface area contributed by atoms with Gasteiger partial charge >= 0.3 is 0 Å². The van der Waals surface area contributed by atoms with Gasteiger partial charge in [0, 0.05) is 51.9 Å². The third-order valence-electron chi connectivity index (χ3n) is 5.71. The Kier molecular flexibility index (Phi) is 6.64. The summed E-state index contributed by atoms with van der Waals surface area (Å²) in [6.45, 7) is 7.55. The number of carbonyl (C=O) groups is 3. The van der Waals surface area contributed by atoms with Crippen LogP contribution in [0.3, 0.4) is 0 Å². The van der Waals surface area contributed by atoms with Gasteiger partial charge in [-0.3, -0.25) is 24.2 Å². The Hall–Kier alpha value is -2.75. The molecule has 2 saturated heterocycles. The molecule has 3 heterocycles. The maximum absolute atomic E-state index is 13.4. The number of rotatable bonds is 6. The van der Waals surface area contributed by atoms with Crippen molar-refractivity contribution >= 4 is 29.0 Å². The van der Waals surface area contributed by atoms with Crippen LogP contribution < -0.4 is 5.32 Å². The van der Waals surface area contributed by atoms with Gasteiger partial charge in [-0.05, 0) is 17.7 Å². The summed E-state index contributed by atoms with van der Waals surface area (Å²) in [4.78, 5) is 43.5. The number of ether oxygens (including phenoxy) is 2. The first-order valence-corrected chi connectivity index (χ1v) is 10.7. The Morgan fingerprint density at radius 3 is 2.13 bits per heavy atom. The van der Waals surface area contributed by atoms with Gasteiger partial charge in [0.15, 0.2) is 0 Å². The molecule has 0 spiro atoms. The lowest BCUT2D eigenvalue weighted by atomic mass is 10.0. The summed E-state index contributed by atoms with van der Waals surface area (Å²) in [6.07, 6.45) is 0. The maximum atomic E-state index is 13.4. The van der Waals surface area contributed by atoms with Gasteiger partial charge in [0.2, 0.25) is 5.91 Å². The van der Waals surface area contributed by atoms with Crippen LogP contribution in [0.4, 0.5) is 5.69 Å². The van der Waals surface area contributed by atoms with E-state index in [0.29, 0.717) is 75.1 Å². The van der Waals surface area contributed by atoms with E-state index in [-0.39, 0.29) is 17.7 Å². The maximum Gasteiger partial charge on any atom is 0.277 e. The zero-order chi connectivity index (χ0) is 21.8. The standard InChI is InChI=1S/C22H28N4O5/c1-16(27)23-18-4-2-17(3-5-18)19-20(25-10-14-31-15-11-25)22(29)26(21(19)28)7-6-24-8-12-30-13-9-24/h2-5H,6-15H2,1H3,(H,23,27). The molecule has 0 aliphatic carbocycles. The van der Waals surface area contributed by atoms with Crippen LogP contribution >= 0.6 is 0 Å². The van der Waals surface area contributed by atoms with Gasteiger partial charge in [0.25, 0.3) is 11.8 Å². The second-order valence-electron chi connectivity index (χ2n) is 7.80. The van der Waals surface area contributed by atoms with Crippen molar-refractivity contribution in [2.45, 2.75) is 6.92 Å². The van der Waals surface area contributed by atoms with Crippen molar-refractivity contribution in [3.05, 3.63) is 35.5 Å². The van der Waals surface area contributed by atoms with E-state index in [1.54, 1.807) is 24.3 Å². The van der Waals surface area contributed by atoms with E-state index in [1.807, 2.05) is 4.90 Å². The molecule has 0 atom stereocenters. The molecule has 4 rings (SSSR count). The average molecular weight is 428 g/mol. The Balaban J connectivity index is 1.59. The highest BCUT2D eigenvalue weighted by Gasteiger charge is 2.41. The van der Waals surface area contributed by atoms with Gasteiger partial charge in [-0.15, -0.1) is 0 Å². The molecule has 9 heteroatoms. The Morgan fingerprint density at radius 2 is 1.52 bits per heavy atom. The molecule has 1 aromatic carbocycles.